The summed E-state index contributed by atoms with van der Waals surface area (Å²) < 4.78 is 32.8. The van der Waals surface area contributed by atoms with Crippen LogP contribution in [0.25, 0.3) is 0 Å². The topological polar surface area (TPSA) is 196 Å². The van der Waals surface area contributed by atoms with Gasteiger partial charge >= 0.3 is 5.97 Å². The lowest BCUT2D eigenvalue weighted by atomic mass is 10.0. The average Bonchev–Trinajstić information content (AvgIpc) is 3.08. The Labute approximate surface area is 286 Å². The van der Waals surface area contributed by atoms with Crippen molar-refractivity contribution in [3.05, 3.63) is 41.5 Å². The number of amides is 3. The maximum absolute atomic E-state index is 11.9. The fourth-order valence-electron chi connectivity index (χ4n) is 4.85. The molecule has 15 heteroatoms. The predicted octanol–water partition coefficient (Wildman–Crippen LogP) is 1.91. The largest absolute Gasteiger partial charge is 0.479 e. The van der Waals surface area contributed by atoms with Crippen molar-refractivity contribution in [1.29, 1.82) is 0 Å². The fourth-order valence-corrected chi connectivity index (χ4v) is 4.85. The lowest BCUT2D eigenvalue weighted by molar-refractivity contribution is -0.195. The summed E-state index contributed by atoms with van der Waals surface area (Å²) in [6.07, 6.45) is 4.39. The van der Waals surface area contributed by atoms with Gasteiger partial charge in [0.05, 0.1) is 39.1 Å². The maximum Gasteiger partial charge on any atom is 0.333 e. The molecule has 15 nitrogen and oxygen atoms in total. The molecule has 0 aromatic heterocycles. The highest BCUT2D eigenvalue weighted by Gasteiger charge is 2.34. The molecule has 0 aliphatic carbocycles. The Morgan fingerprint density at radius 2 is 1.71 bits per heavy atom. The monoisotopic (exact) mass is 694 g/mol. The Morgan fingerprint density at radius 1 is 0.980 bits per heavy atom. The molecular weight excluding hydrogens is 644 g/mol. The molecule has 0 bridgehead atoms. The number of carbonyl (C=O) groups excluding carboxylic acids is 4. The van der Waals surface area contributed by atoms with Gasteiger partial charge in [-0.1, -0.05) is 18.6 Å². The van der Waals surface area contributed by atoms with Crippen LogP contribution in [0, 0.1) is 0 Å². The molecule has 0 saturated carbocycles. The van der Waals surface area contributed by atoms with Gasteiger partial charge in [-0.05, 0) is 56.4 Å². The van der Waals surface area contributed by atoms with Crippen molar-refractivity contribution < 1.29 is 62.6 Å². The number of hydrogen-bond acceptors (Lipinski definition) is 12. The minimum Gasteiger partial charge on any atom is -0.479 e. The summed E-state index contributed by atoms with van der Waals surface area (Å²) >= 11 is 0. The van der Waals surface area contributed by atoms with Crippen LogP contribution in [0.2, 0.25) is 0 Å². The lowest BCUT2D eigenvalue weighted by Crippen LogP contribution is -2.42. The van der Waals surface area contributed by atoms with Crippen LogP contribution >= 0.6 is 0 Å². The molecule has 274 valence electrons. The van der Waals surface area contributed by atoms with E-state index < -0.39 is 24.5 Å². The number of aliphatic carboxylic acids is 1. The highest BCUT2D eigenvalue weighted by atomic mass is 16.7. The van der Waals surface area contributed by atoms with Crippen LogP contribution in [0.5, 0.6) is 5.75 Å². The van der Waals surface area contributed by atoms with Gasteiger partial charge in [0.1, 0.15) is 12.4 Å². The normalized spacial score (nSPS) is 17.4. The van der Waals surface area contributed by atoms with Gasteiger partial charge in [-0.25, -0.2) is 4.79 Å². The van der Waals surface area contributed by atoms with Crippen molar-refractivity contribution in [2.45, 2.75) is 83.4 Å². The van der Waals surface area contributed by atoms with Gasteiger partial charge in [0.2, 0.25) is 18.6 Å². The van der Waals surface area contributed by atoms with Crippen LogP contribution < -0.4 is 10.1 Å². The SMILES string of the molecule is C/C=C\C(=O)N(C=O)CCCCCC(=O)NCCOCCOCCOCCCc1ccc(OC2CC(O)CC(C(=O)O)O2)c(COC=O)c1. The Hall–Kier alpha value is -3.89. The van der Waals surface area contributed by atoms with E-state index in [-0.39, 0.29) is 31.3 Å². The van der Waals surface area contributed by atoms with E-state index in [4.69, 9.17) is 28.4 Å². The third-order valence-electron chi connectivity index (χ3n) is 7.32. The summed E-state index contributed by atoms with van der Waals surface area (Å²) in [7, 11) is 0. The Kier molecular flexibility index (Phi) is 21.2. The summed E-state index contributed by atoms with van der Waals surface area (Å²) in [5.74, 6) is -1.21. The first-order chi connectivity index (χ1) is 23.8. The molecule has 1 heterocycles. The van der Waals surface area contributed by atoms with E-state index in [1.807, 2.05) is 12.1 Å². The minimum absolute atomic E-state index is 0.0144. The number of carboxylic acid groups (broad SMARTS) is 1. The van der Waals surface area contributed by atoms with Gasteiger partial charge in [0.15, 0.2) is 6.10 Å². The first-order valence-corrected chi connectivity index (χ1v) is 16.6. The van der Waals surface area contributed by atoms with Crippen molar-refractivity contribution >= 4 is 30.7 Å². The zero-order chi connectivity index (χ0) is 35.7. The standard InChI is InChI=1S/C34H50N2O13/c1-2-7-32(41)36(24-37)13-5-3-4-9-31(40)35-12-15-45-17-19-46-18-16-44-14-6-8-26-10-11-29(27(20-26)23-47-25-38)48-33-22-28(39)21-30(49-33)34(42)43/h2,7,10-11,20,24-25,28,30,33,39H,3-6,8-9,12-19,21-23H2,1H3,(H,35,40)(H,42,43)/b7-2-. The molecule has 3 unspecified atom stereocenters. The minimum atomic E-state index is -1.17. The molecule has 1 aromatic carbocycles. The van der Waals surface area contributed by atoms with Crippen molar-refractivity contribution in [3.63, 3.8) is 0 Å². The summed E-state index contributed by atoms with van der Waals surface area (Å²) in [6, 6.07) is 5.40. The van der Waals surface area contributed by atoms with E-state index >= 15 is 0 Å². The van der Waals surface area contributed by atoms with Gasteiger partial charge in [-0.15, -0.1) is 0 Å². The van der Waals surface area contributed by atoms with E-state index in [0.29, 0.717) is 103 Å². The van der Waals surface area contributed by atoms with Gasteiger partial charge in [-0.3, -0.25) is 24.1 Å². The predicted molar refractivity (Wildman–Crippen MR) is 174 cm³/mol. The van der Waals surface area contributed by atoms with Crippen molar-refractivity contribution in [2.75, 3.05) is 52.7 Å². The maximum atomic E-state index is 11.9. The zero-order valence-corrected chi connectivity index (χ0v) is 28.1. The number of imide groups is 1. The average molecular weight is 695 g/mol. The Balaban J connectivity index is 1.49. The summed E-state index contributed by atoms with van der Waals surface area (Å²) in [5.41, 5.74) is 1.56. The van der Waals surface area contributed by atoms with Crippen molar-refractivity contribution in [3.8, 4) is 5.75 Å². The van der Waals surface area contributed by atoms with Crippen LogP contribution in [0.1, 0.15) is 63.0 Å². The highest BCUT2D eigenvalue weighted by Crippen LogP contribution is 2.27. The highest BCUT2D eigenvalue weighted by molar-refractivity contribution is 5.94. The van der Waals surface area contributed by atoms with Crippen molar-refractivity contribution in [2.24, 2.45) is 0 Å². The molecule has 3 amide bonds. The first kappa shape index (κ1) is 41.3. The van der Waals surface area contributed by atoms with Crippen LogP contribution in [0.15, 0.2) is 30.4 Å². The van der Waals surface area contributed by atoms with E-state index in [1.54, 1.807) is 19.1 Å². The number of hydrogen-bond donors (Lipinski definition) is 3. The number of benzene rings is 1. The lowest BCUT2D eigenvalue weighted by Gasteiger charge is -2.31. The number of carbonyl (C=O) groups is 5. The molecule has 49 heavy (non-hydrogen) atoms. The van der Waals surface area contributed by atoms with Gasteiger partial charge in [-0.2, -0.15) is 0 Å². The molecule has 1 saturated heterocycles. The summed E-state index contributed by atoms with van der Waals surface area (Å²) in [5, 5.41) is 22.0. The molecule has 0 spiro atoms. The molecular formula is C34H50N2O13. The molecule has 3 atom stereocenters. The summed E-state index contributed by atoms with van der Waals surface area (Å²) in [4.78, 5) is 57.8. The van der Waals surface area contributed by atoms with Crippen LogP contribution in [-0.4, -0.2) is 117 Å². The van der Waals surface area contributed by atoms with E-state index in [0.717, 1.165) is 23.3 Å². The molecule has 3 N–H and O–H groups in total. The number of unbranched alkanes of at least 4 members (excludes halogenated alkanes) is 2. The molecule has 1 fully saturated rings. The van der Waals surface area contributed by atoms with Gasteiger partial charge < -0.3 is 44.0 Å². The Bertz CT molecular complexity index is 1180. The fraction of sp³-hybridized carbons (Fsp3) is 0.618. The molecule has 2 rings (SSSR count). The van der Waals surface area contributed by atoms with Crippen LogP contribution in [0.4, 0.5) is 0 Å². The molecule has 1 aromatic rings. The second kappa shape index (κ2) is 25.1. The van der Waals surface area contributed by atoms with E-state index in [9.17, 15) is 34.2 Å². The number of aliphatic hydroxyl groups is 1. The number of ether oxygens (including phenoxy) is 6. The number of rotatable bonds is 27. The quantitative estimate of drug-likeness (QED) is 0.0687. The van der Waals surface area contributed by atoms with Crippen molar-refractivity contribution in [1.82, 2.24) is 10.2 Å². The van der Waals surface area contributed by atoms with Gasteiger partial charge in [0, 0.05) is 44.5 Å². The number of aliphatic hydroxyl groups excluding tert-OH is 1. The smallest absolute Gasteiger partial charge is 0.333 e. The molecule has 0 radical (unpaired) electrons. The third-order valence-corrected chi connectivity index (χ3v) is 7.32. The molecule has 1 aliphatic heterocycles. The number of allylic oxidation sites excluding steroid dienone is 1. The molecule has 1 aliphatic rings. The number of carboxylic acids is 1. The number of nitrogens with one attached hydrogen (secondary N) is 1. The number of nitrogens with zero attached hydrogens (tertiary/aromatic N) is 1. The second-order valence-electron chi connectivity index (χ2n) is 11.2. The van der Waals surface area contributed by atoms with E-state index in [1.165, 1.54) is 6.08 Å². The first-order valence-electron chi connectivity index (χ1n) is 16.6. The summed E-state index contributed by atoms with van der Waals surface area (Å²) in [6.45, 7) is 5.22. The zero-order valence-electron chi connectivity index (χ0n) is 28.1. The number of aryl methyl sites for hydroxylation is 1. The van der Waals surface area contributed by atoms with Gasteiger partial charge in [0.25, 0.3) is 12.4 Å². The van der Waals surface area contributed by atoms with Crippen LogP contribution in [-0.2, 0) is 60.7 Å². The van der Waals surface area contributed by atoms with E-state index in [2.05, 4.69) is 5.32 Å². The second-order valence-corrected chi connectivity index (χ2v) is 11.2. The van der Waals surface area contributed by atoms with Crippen LogP contribution in [0.3, 0.4) is 0 Å². The Morgan fingerprint density at radius 3 is 2.41 bits per heavy atom. The third kappa shape index (κ3) is 17.9.